The van der Waals surface area contributed by atoms with E-state index in [1.165, 1.54) is 23.1 Å². The van der Waals surface area contributed by atoms with Crippen LogP contribution in [-0.4, -0.2) is 22.6 Å². The van der Waals surface area contributed by atoms with E-state index in [0.29, 0.717) is 21.4 Å². The van der Waals surface area contributed by atoms with Crippen molar-refractivity contribution in [3.05, 3.63) is 94.3 Å². The summed E-state index contributed by atoms with van der Waals surface area (Å²) in [5.41, 5.74) is 4.10. The molecule has 8 heteroatoms. The van der Waals surface area contributed by atoms with Crippen LogP contribution in [0.4, 0.5) is 10.8 Å². The van der Waals surface area contributed by atoms with Crippen LogP contribution in [0.2, 0.25) is 5.02 Å². The molecule has 5 nitrogen and oxygen atoms in total. The number of hydrogen-bond acceptors (Lipinski definition) is 5. The molecule has 2 N–H and O–H groups in total. The summed E-state index contributed by atoms with van der Waals surface area (Å²) in [5.74, 6) is -0.0909. The number of hydrogen-bond donors (Lipinski definition) is 2. The van der Waals surface area contributed by atoms with Gasteiger partial charge in [-0.05, 0) is 49.4 Å². The molecule has 0 unspecified atom stereocenters. The minimum Gasteiger partial charge on any atom is -0.322 e. The fourth-order valence-corrected chi connectivity index (χ4v) is 4.58. The van der Waals surface area contributed by atoms with Crippen molar-refractivity contribution in [3.63, 3.8) is 0 Å². The Hall–Kier alpha value is -3.13. The minimum absolute atomic E-state index is 0.147. The number of aryl methyl sites for hydroxylation is 1. The van der Waals surface area contributed by atoms with E-state index in [1.54, 1.807) is 12.1 Å². The summed E-state index contributed by atoms with van der Waals surface area (Å²) in [4.78, 5) is 30.2. The Kier molecular flexibility index (Phi) is 7.44. The monoisotopic (exact) mass is 493 g/mol. The lowest BCUT2D eigenvalue weighted by Crippen LogP contribution is -2.14. The molecule has 0 atom stereocenters. The summed E-state index contributed by atoms with van der Waals surface area (Å²) in [6.45, 7) is 1.98. The van der Waals surface area contributed by atoms with Crippen molar-refractivity contribution in [2.75, 3.05) is 16.4 Å². The van der Waals surface area contributed by atoms with E-state index in [2.05, 4.69) is 15.6 Å². The third kappa shape index (κ3) is 6.44. The molecular weight excluding hydrogens is 474 g/mol. The molecule has 0 radical (unpaired) electrons. The number of rotatable bonds is 7. The first-order valence-electron chi connectivity index (χ1n) is 10.1. The number of benzene rings is 3. The predicted molar refractivity (Wildman–Crippen MR) is 137 cm³/mol. The molecule has 0 bridgehead atoms. The molecule has 1 aromatic heterocycles. The quantitative estimate of drug-likeness (QED) is 0.279. The maximum absolute atomic E-state index is 12.4. The van der Waals surface area contributed by atoms with Crippen LogP contribution in [0.25, 0.3) is 11.3 Å². The number of carbonyl (C=O) groups excluding carboxylic acids is 2. The van der Waals surface area contributed by atoms with Gasteiger partial charge in [0, 0.05) is 32.1 Å². The average molecular weight is 494 g/mol. The standard InChI is InChI=1S/C25H20ClN3O2S2/c1-16-5-7-18(8-6-16)24(31)27-20-3-2-4-21(13-20)32-15-23(30)29-25-28-22(14-33-25)17-9-11-19(26)12-10-17/h2-14H,15H2,1H3,(H,27,31)(H,28,29,30). The van der Waals surface area contributed by atoms with Gasteiger partial charge in [-0.1, -0.05) is 47.5 Å². The number of carbonyl (C=O) groups is 2. The highest BCUT2D eigenvalue weighted by Gasteiger charge is 2.10. The van der Waals surface area contributed by atoms with Gasteiger partial charge in [0.1, 0.15) is 0 Å². The molecule has 33 heavy (non-hydrogen) atoms. The summed E-state index contributed by atoms with van der Waals surface area (Å²) in [7, 11) is 0. The Morgan fingerprint density at radius 3 is 2.52 bits per heavy atom. The van der Waals surface area contributed by atoms with Crippen LogP contribution < -0.4 is 10.6 Å². The van der Waals surface area contributed by atoms with E-state index in [4.69, 9.17) is 11.6 Å². The van der Waals surface area contributed by atoms with Crippen LogP contribution in [0.1, 0.15) is 15.9 Å². The molecule has 0 aliphatic carbocycles. The Morgan fingerprint density at radius 2 is 1.76 bits per heavy atom. The second kappa shape index (κ2) is 10.7. The van der Waals surface area contributed by atoms with Gasteiger partial charge in [0.25, 0.3) is 5.91 Å². The molecule has 0 saturated carbocycles. The van der Waals surface area contributed by atoms with Gasteiger partial charge in [0.15, 0.2) is 5.13 Å². The fourth-order valence-electron chi connectivity index (χ4n) is 2.96. The first-order valence-corrected chi connectivity index (χ1v) is 12.3. The Balaban J connectivity index is 1.31. The summed E-state index contributed by atoms with van der Waals surface area (Å²) < 4.78 is 0. The zero-order chi connectivity index (χ0) is 23.2. The van der Waals surface area contributed by atoms with Crippen molar-refractivity contribution in [3.8, 4) is 11.3 Å². The largest absolute Gasteiger partial charge is 0.322 e. The molecule has 4 aromatic rings. The SMILES string of the molecule is Cc1ccc(C(=O)Nc2cccc(SCC(=O)Nc3nc(-c4ccc(Cl)cc4)cs3)c2)cc1. The first kappa shape index (κ1) is 23.0. The van der Waals surface area contributed by atoms with Crippen LogP contribution >= 0.6 is 34.7 Å². The van der Waals surface area contributed by atoms with Gasteiger partial charge in [-0.25, -0.2) is 4.98 Å². The van der Waals surface area contributed by atoms with Crippen LogP contribution in [0.15, 0.2) is 83.1 Å². The van der Waals surface area contributed by atoms with E-state index < -0.39 is 0 Å². The fraction of sp³-hybridized carbons (Fsp3) is 0.0800. The van der Waals surface area contributed by atoms with Crippen LogP contribution in [0.3, 0.4) is 0 Å². The van der Waals surface area contributed by atoms with E-state index in [-0.39, 0.29) is 17.6 Å². The van der Waals surface area contributed by atoms with Gasteiger partial charge < -0.3 is 10.6 Å². The smallest absolute Gasteiger partial charge is 0.255 e. The molecular formula is C25H20ClN3O2S2. The highest BCUT2D eigenvalue weighted by atomic mass is 35.5. The van der Waals surface area contributed by atoms with E-state index in [0.717, 1.165) is 21.7 Å². The lowest BCUT2D eigenvalue weighted by molar-refractivity contribution is -0.113. The number of anilines is 2. The van der Waals surface area contributed by atoms with Crippen LogP contribution in [0, 0.1) is 6.92 Å². The Morgan fingerprint density at radius 1 is 1.00 bits per heavy atom. The second-order valence-corrected chi connectivity index (χ2v) is 9.57. The molecule has 4 rings (SSSR count). The molecule has 0 aliphatic heterocycles. The lowest BCUT2D eigenvalue weighted by atomic mass is 10.1. The first-order chi connectivity index (χ1) is 16.0. The van der Waals surface area contributed by atoms with Gasteiger partial charge in [-0.2, -0.15) is 0 Å². The van der Waals surface area contributed by atoms with Crippen molar-refractivity contribution in [2.45, 2.75) is 11.8 Å². The Labute approximate surface area is 205 Å². The van der Waals surface area contributed by atoms with Crippen molar-refractivity contribution in [1.82, 2.24) is 4.98 Å². The number of thioether (sulfide) groups is 1. The molecule has 0 fully saturated rings. The second-order valence-electron chi connectivity index (χ2n) is 7.23. The van der Waals surface area contributed by atoms with E-state index >= 15 is 0 Å². The van der Waals surface area contributed by atoms with Crippen LogP contribution in [-0.2, 0) is 4.79 Å². The predicted octanol–water partition coefficient (Wildman–Crippen LogP) is 6.76. The molecule has 0 saturated heterocycles. The third-order valence-corrected chi connectivity index (χ3v) is 6.67. The summed E-state index contributed by atoms with van der Waals surface area (Å²) >= 11 is 8.69. The van der Waals surface area contributed by atoms with Crippen molar-refractivity contribution < 1.29 is 9.59 Å². The lowest BCUT2D eigenvalue weighted by Gasteiger charge is -2.08. The summed E-state index contributed by atoms with van der Waals surface area (Å²) in [6, 6.07) is 22.2. The van der Waals surface area contributed by atoms with Crippen molar-refractivity contribution in [2.24, 2.45) is 0 Å². The number of amides is 2. The number of nitrogens with zero attached hydrogens (tertiary/aromatic N) is 1. The molecule has 166 valence electrons. The highest BCUT2D eigenvalue weighted by molar-refractivity contribution is 8.00. The molecule has 0 aliphatic rings. The molecule has 2 amide bonds. The van der Waals surface area contributed by atoms with Gasteiger partial charge in [-0.3, -0.25) is 9.59 Å². The zero-order valence-electron chi connectivity index (χ0n) is 17.7. The van der Waals surface area contributed by atoms with Crippen LogP contribution in [0.5, 0.6) is 0 Å². The van der Waals surface area contributed by atoms with Gasteiger partial charge in [-0.15, -0.1) is 23.1 Å². The normalized spacial score (nSPS) is 10.6. The van der Waals surface area contributed by atoms with Crippen molar-refractivity contribution >= 4 is 57.3 Å². The van der Waals surface area contributed by atoms with E-state index in [9.17, 15) is 9.59 Å². The number of aromatic nitrogens is 1. The average Bonchev–Trinajstić information content (AvgIpc) is 3.27. The molecule has 1 heterocycles. The zero-order valence-corrected chi connectivity index (χ0v) is 20.1. The summed E-state index contributed by atoms with van der Waals surface area (Å²) in [5, 5.41) is 8.84. The third-order valence-electron chi connectivity index (χ3n) is 4.67. The number of thiazole rings is 1. The minimum atomic E-state index is -0.171. The summed E-state index contributed by atoms with van der Waals surface area (Å²) in [6.07, 6.45) is 0. The topological polar surface area (TPSA) is 71.1 Å². The maximum Gasteiger partial charge on any atom is 0.255 e. The van der Waals surface area contributed by atoms with Gasteiger partial charge in [0.2, 0.25) is 5.91 Å². The van der Waals surface area contributed by atoms with Crippen molar-refractivity contribution in [1.29, 1.82) is 0 Å². The maximum atomic E-state index is 12.4. The molecule has 0 spiro atoms. The van der Waals surface area contributed by atoms with Gasteiger partial charge in [0.05, 0.1) is 11.4 Å². The molecule has 3 aromatic carbocycles. The van der Waals surface area contributed by atoms with E-state index in [1.807, 2.05) is 73.0 Å². The Bertz CT molecular complexity index is 1270. The number of nitrogens with one attached hydrogen (secondary N) is 2. The van der Waals surface area contributed by atoms with Gasteiger partial charge >= 0.3 is 0 Å². The highest BCUT2D eigenvalue weighted by Crippen LogP contribution is 2.27. The number of halogens is 1.